The Bertz CT molecular complexity index is 519. The zero-order valence-electron chi connectivity index (χ0n) is 13.0. The molecular weight excluding hydrogens is 302 g/mol. The number of ether oxygens (including phenoxy) is 2. The smallest absolute Gasteiger partial charge is 0.347 e. The number of piperidine rings is 1. The minimum absolute atomic E-state index is 0.0254. The summed E-state index contributed by atoms with van der Waals surface area (Å²) in [6, 6.07) is 8.10. The van der Waals surface area contributed by atoms with Gasteiger partial charge in [-0.3, -0.25) is 0 Å². The van der Waals surface area contributed by atoms with Crippen molar-refractivity contribution in [3.8, 4) is 5.75 Å². The predicted octanol–water partition coefficient (Wildman–Crippen LogP) is 3.28. The van der Waals surface area contributed by atoms with Gasteiger partial charge < -0.3 is 14.4 Å². The van der Waals surface area contributed by atoms with Crippen LogP contribution in [0, 0.1) is 0 Å². The number of hydrogen-bond donors (Lipinski definition) is 0. The molecule has 22 heavy (non-hydrogen) atoms. The quantitative estimate of drug-likeness (QED) is 0.797. The van der Waals surface area contributed by atoms with Crippen LogP contribution in [0.4, 0.5) is 0 Å². The van der Waals surface area contributed by atoms with Crippen LogP contribution in [0.25, 0.3) is 0 Å². The molecule has 5 heteroatoms. The summed E-state index contributed by atoms with van der Waals surface area (Å²) in [7, 11) is 2.17. The lowest BCUT2D eigenvalue weighted by atomic mass is 10.0. The first kappa shape index (κ1) is 15.6. The van der Waals surface area contributed by atoms with Gasteiger partial charge in [-0.15, -0.1) is 0 Å². The Morgan fingerprint density at radius 1 is 1.23 bits per heavy atom. The normalized spacial score (nSPS) is 29.1. The highest BCUT2D eigenvalue weighted by molar-refractivity contribution is 6.30. The fourth-order valence-electron chi connectivity index (χ4n) is 3.48. The van der Waals surface area contributed by atoms with Crippen molar-refractivity contribution >= 4 is 17.6 Å². The molecule has 2 bridgehead atoms. The van der Waals surface area contributed by atoms with Gasteiger partial charge in [0.2, 0.25) is 0 Å². The summed E-state index contributed by atoms with van der Waals surface area (Å²) in [5.41, 5.74) is 0. The van der Waals surface area contributed by atoms with Crippen molar-refractivity contribution in [2.75, 3.05) is 7.05 Å². The number of hydrogen-bond acceptors (Lipinski definition) is 4. The van der Waals surface area contributed by atoms with Crippen LogP contribution < -0.4 is 4.74 Å². The minimum atomic E-state index is -0.613. The molecule has 0 aliphatic carbocycles. The lowest BCUT2D eigenvalue weighted by molar-refractivity contribution is -0.159. The first-order valence-corrected chi connectivity index (χ1v) is 8.25. The van der Waals surface area contributed by atoms with Crippen molar-refractivity contribution in [1.29, 1.82) is 0 Å². The summed E-state index contributed by atoms with van der Waals surface area (Å²) in [5.74, 6) is 0.334. The maximum atomic E-state index is 12.2. The van der Waals surface area contributed by atoms with E-state index < -0.39 is 6.10 Å². The van der Waals surface area contributed by atoms with Gasteiger partial charge in [-0.1, -0.05) is 11.6 Å². The second kappa shape index (κ2) is 6.47. The van der Waals surface area contributed by atoms with E-state index in [-0.39, 0.29) is 12.1 Å². The molecule has 2 saturated heterocycles. The monoisotopic (exact) mass is 323 g/mol. The molecule has 2 aliphatic heterocycles. The molecule has 1 aromatic rings. The van der Waals surface area contributed by atoms with Crippen LogP contribution in [0.3, 0.4) is 0 Å². The van der Waals surface area contributed by atoms with E-state index in [4.69, 9.17) is 21.1 Å². The molecule has 2 aliphatic rings. The Labute approximate surface area is 136 Å². The van der Waals surface area contributed by atoms with E-state index in [2.05, 4.69) is 11.9 Å². The highest BCUT2D eigenvalue weighted by atomic mass is 35.5. The summed E-state index contributed by atoms with van der Waals surface area (Å²) in [5, 5.41) is 0.643. The van der Waals surface area contributed by atoms with Gasteiger partial charge in [0, 0.05) is 17.1 Å². The maximum absolute atomic E-state index is 12.2. The highest BCUT2D eigenvalue weighted by Crippen LogP contribution is 2.35. The van der Waals surface area contributed by atoms with Gasteiger partial charge in [-0.2, -0.15) is 0 Å². The molecule has 0 N–H and O–H groups in total. The zero-order chi connectivity index (χ0) is 15.7. The highest BCUT2D eigenvalue weighted by Gasteiger charge is 2.40. The van der Waals surface area contributed by atoms with E-state index in [0.717, 1.165) is 12.8 Å². The van der Waals surface area contributed by atoms with Crippen LogP contribution in [0.5, 0.6) is 5.75 Å². The van der Waals surface area contributed by atoms with Crippen LogP contribution in [0.1, 0.15) is 32.6 Å². The Kier molecular flexibility index (Phi) is 4.59. The SMILES string of the molecule is C[C@@H](Oc1ccc(Cl)cc1)C(=O)OC1CC2CCC(C1)N2C. The first-order chi connectivity index (χ1) is 10.5. The van der Waals surface area contributed by atoms with E-state index in [1.807, 2.05) is 0 Å². The standard InChI is InChI=1S/C17H22ClNO3/c1-11(21-15-7-3-12(18)4-8-15)17(20)22-16-9-13-5-6-14(10-16)19(13)2/h3-4,7-8,11,13-14,16H,5-6,9-10H2,1-2H3/t11-,13?,14?,16?/m1/s1. The second-order valence-corrected chi connectivity index (χ2v) is 6.73. The van der Waals surface area contributed by atoms with Crippen LogP contribution in [-0.2, 0) is 9.53 Å². The topological polar surface area (TPSA) is 38.8 Å². The molecule has 2 heterocycles. The van der Waals surface area contributed by atoms with Crippen molar-refractivity contribution in [2.45, 2.75) is 56.9 Å². The van der Waals surface area contributed by atoms with Crippen LogP contribution >= 0.6 is 11.6 Å². The van der Waals surface area contributed by atoms with Crippen molar-refractivity contribution in [1.82, 2.24) is 4.90 Å². The molecule has 0 radical (unpaired) electrons. The number of fused-ring (bicyclic) bond motifs is 2. The molecule has 0 spiro atoms. The number of carbonyl (C=O) groups excluding carboxylic acids is 1. The Morgan fingerprint density at radius 3 is 2.41 bits per heavy atom. The number of carbonyl (C=O) groups is 1. The van der Waals surface area contributed by atoms with Gasteiger partial charge in [-0.25, -0.2) is 4.79 Å². The van der Waals surface area contributed by atoms with Gasteiger partial charge in [0.05, 0.1) is 0 Å². The molecule has 0 aromatic heterocycles. The average Bonchev–Trinajstić information content (AvgIpc) is 2.72. The number of benzene rings is 1. The Balaban J connectivity index is 1.52. The van der Waals surface area contributed by atoms with Crippen LogP contribution in [-0.4, -0.2) is 42.2 Å². The van der Waals surface area contributed by atoms with Crippen molar-refractivity contribution in [3.05, 3.63) is 29.3 Å². The molecule has 1 aromatic carbocycles. The summed E-state index contributed by atoms with van der Waals surface area (Å²) in [6.07, 6.45) is 3.72. The van der Waals surface area contributed by atoms with E-state index in [0.29, 0.717) is 22.9 Å². The third kappa shape index (κ3) is 3.39. The van der Waals surface area contributed by atoms with E-state index in [9.17, 15) is 4.79 Å². The predicted molar refractivity (Wildman–Crippen MR) is 85.2 cm³/mol. The summed E-state index contributed by atoms with van der Waals surface area (Å²) >= 11 is 5.83. The largest absolute Gasteiger partial charge is 0.479 e. The Morgan fingerprint density at radius 2 is 1.82 bits per heavy atom. The van der Waals surface area contributed by atoms with E-state index in [1.165, 1.54) is 12.8 Å². The molecule has 0 amide bonds. The average molecular weight is 324 g/mol. The van der Waals surface area contributed by atoms with Crippen LogP contribution in [0.2, 0.25) is 5.02 Å². The number of esters is 1. The molecular formula is C17H22ClNO3. The molecule has 0 saturated carbocycles. The summed E-state index contributed by atoms with van der Waals surface area (Å²) in [6.45, 7) is 1.72. The molecule has 2 fully saturated rings. The number of halogens is 1. The first-order valence-electron chi connectivity index (χ1n) is 7.87. The summed E-state index contributed by atoms with van der Waals surface area (Å²) < 4.78 is 11.3. The van der Waals surface area contributed by atoms with Crippen molar-refractivity contribution in [2.24, 2.45) is 0 Å². The van der Waals surface area contributed by atoms with Gasteiger partial charge in [0.25, 0.3) is 0 Å². The maximum Gasteiger partial charge on any atom is 0.347 e. The number of rotatable bonds is 4. The fourth-order valence-corrected chi connectivity index (χ4v) is 3.61. The fraction of sp³-hybridized carbons (Fsp3) is 0.588. The van der Waals surface area contributed by atoms with Crippen LogP contribution in [0.15, 0.2) is 24.3 Å². The minimum Gasteiger partial charge on any atom is -0.479 e. The molecule has 120 valence electrons. The summed E-state index contributed by atoms with van der Waals surface area (Å²) in [4.78, 5) is 14.6. The molecule has 4 nitrogen and oxygen atoms in total. The lowest BCUT2D eigenvalue weighted by Gasteiger charge is -2.36. The number of nitrogens with zero attached hydrogens (tertiary/aromatic N) is 1. The van der Waals surface area contributed by atoms with Crippen molar-refractivity contribution < 1.29 is 14.3 Å². The van der Waals surface area contributed by atoms with Gasteiger partial charge in [-0.05, 0) is 63.9 Å². The van der Waals surface area contributed by atoms with Gasteiger partial charge >= 0.3 is 5.97 Å². The zero-order valence-corrected chi connectivity index (χ0v) is 13.8. The lowest BCUT2D eigenvalue weighted by Crippen LogP contribution is -2.44. The van der Waals surface area contributed by atoms with Crippen molar-refractivity contribution in [3.63, 3.8) is 0 Å². The molecule has 3 atom stereocenters. The third-order valence-electron chi connectivity index (χ3n) is 4.80. The Hall–Kier alpha value is -1.26. The molecule has 3 rings (SSSR count). The van der Waals surface area contributed by atoms with E-state index in [1.54, 1.807) is 31.2 Å². The molecule has 2 unspecified atom stereocenters. The second-order valence-electron chi connectivity index (χ2n) is 6.29. The van der Waals surface area contributed by atoms with Gasteiger partial charge in [0.15, 0.2) is 6.10 Å². The van der Waals surface area contributed by atoms with E-state index >= 15 is 0 Å². The van der Waals surface area contributed by atoms with Gasteiger partial charge in [0.1, 0.15) is 11.9 Å². The third-order valence-corrected chi connectivity index (χ3v) is 5.05.